The minimum absolute atomic E-state index is 0.958. The topological polar surface area (TPSA) is 0 Å². The zero-order valence-corrected chi connectivity index (χ0v) is 16.6. The van der Waals surface area contributed by atoms with Crippen LogP contribution in [-0.4, -0.2) is 0 Å². The highest BCUT2D eigenvalue weighted by atomic mass is 14.2. The van der Waals surface area contributed by atoms with Gasteiger partial charge in [0.1, 0.15) is 0 Å². The summed E-state index contributed by atoms with van der Waals surface area (Å²) in [4.78, 5) is 0. The van der Waals surface area contributed by atoms with Crippen LogP contribution >= 0.6 is 0 Å². The Kier molecular flexibility index (Phi) is 3.61. The second-order valence-electron chi connectivity index (χ2n) is 8.08. The Hall–Kier alpha value is -3.38. The van der Waals surface area contributed by atoms with Crippen LogP contribution < -0.4 is 0 Å². The Morgan fingerprint density at radius 2 is 1.10 bits per heavy atom. The average molecular weight is 370 g/mol. The summed E-state index contributed by atoms with van der Waals surface area (Å²) in [6.45, 7) is 2.25. The van der Waals surface area contributed by atoms with Gasteiger partial charge in [0.15, 0.2) is 0 Å². The van der Waals surface area contributed by atoms with Crippen molar-refractivity contribution in [2.75, 3.05) is 0 Å². The van der Waals surface area contributed by atoms with E-state index in [0.29, 0.717) is 0 Å². The lowest BCUT2D eigenvalue weighted by Crippen LogP contribution is -1.93. The molecule has 138 valence electrons. The molecule has 0 aromatic heterocycles. The standard InChI is InChI=1S/C29H22/c1-2-20-9-10-22-14-16-27-25(12-11-23-13-15-26(20)28(22)29(23)27)18-19-7-8-21-5-3-4-6-24(21)17-19/h3-17H,2,18H2,1H3. The van der Waals surface area contributed by atoms with Crippen LogP contribution in [0.15, 0.2) is 91.0 Å². The molecule has 6 rings (SSSR count). The summed E-state index contributed by atoms with van der Waals surface area (Å²) in [6.07, 6.45) is 2.03. The molecule has 0 radical (unpaired) electrons. The van der Waals surface area contributed by atoms with Crippen LogP contribution in [0.4, 0.5) is 0 Å². The molecule has 6 aromatic carbocycles. The van der Waals surface area contributed by atoms with E-state index in [2.05, 4.69) is 97.9 Å². The zero-order chi connectivity index (χ0) is 19.4. The lowest BCUT2D eigenvalue weighted by molar-refractivity contribution is 1.16. The summed E-state index contributed by atoms with van der Waals surface area (Å²) in [7, 11) is 0. The maximum Gasteiger partial charge on any atom is -0.00194 e. The maximum absolute atomic E-state index is 2.34. The van der Waals surface area contributed by atoms with E-state index in [1.54, 1.807) is 0 Å². The minimum atomic E-state index is 0.958. The monoisotopic (exact) mass is 370 g/mol. The van der Waals surface area contributed by atoms with Gasteiger partial charge in [-0.3, -0.25) is 0 Å². The molecule has 0 heteroatoms. The van der Waals surface area contributed by atoms with Gasteiger partial charge >= 0.3 is 0 Å². The summed E-state index contributed by atoms with van der Waals surface area (Å²) in [6, 6.07) is 33.9. The number of hydrogen-bond donors (Lipinski definition) is 0. The minimum Gasteiger partial charge on any atom is -0.0616 e. The van der Waals surface area contributed by atoms with Crippen LogP contribution in [0.1, 0.15) is 23.6 Å². The Labute approximate surface area is 170 Å². The highest BCUT2D eigenvalue weighted by Crippen LogP contribution is 2.38. The van der Waals surface area contributed by atoms with Gasteiger partial charge in [0.05, 0.1) is 0 Å². The molecule has 29 heavy (non-hydrogen) atoms. The van der Waals surface area contributed by atoms with Crippen LogP contribution in [0.3, 0.4) is 0 Å². The van der Waals surface area contributed by atoms with E-state index in [1.807, 2.05) is 0 Å². The van der Waals surface area contributed by atoms with Crippen LogP contribution in [-0.2, 0) is 12.8 Å². The van der Waals surface area contributed by atoms with Crippen molar-refractivity contribution in [1.82, 2.24) is 0 Å². The largest absolute Gasteiger partial charge is 0.0616 e. The fourth-order valence-electron chi connectivity index (χ4n) is 4.95. The Morgan fingerprint density at radius 1 is 0.517 bits per heavy atom. The van der Waals surface area contributed by atoms with Crippen molar-refractivity contribution < 1.29 is 0 Å². The molecule has 0 N–H and O–H groups in total. The van der Waals surface area contributed by atoms with Gasteiger partial charge in [-0.25, -0.2) is 0 Å². The number of fused-ring (bicyclic) bond motifs is 1. The molecular weight excluding hydrogens is 348 g/mol. The van der Waals surface area contributed by atoms with E-state index in [0.717, 1.165) is 12.8 Å². The van der Waals surface area contributed by atoms with Gasteiger partial charge in [0, 0.05) is 0 Å². The van der Waals surface area contributed by atoms with Crippen molar-refractivity contribution in [2.45, 2.75) is 19.8 Å². The average Bonchev–Trinajstić information content (AvgIpc) is 2.78. The van der Waals surface area contributed by atoms with Gasteiger partial charge < -0.3 is 0 Å². The van der Waals surface area contributed by atoms with Crippen molar-refractivity contribution in [3.8, 4) is 0 Å². The van der Waals surface area contributed by atoms with Crippen molar-refractivity contribution in [2.24, 2.45) is 0 Å². The number of aryl methyl sites for hydroxylation is 1. The van der Waals surface area contributed by atoms with Crippen molar-refractivity contribution in [3.63, 3.8) is 0 Å². The molecule has 0 heterocycles. The predicted octanol–water partition coefficient (Wildman–Crippen LogP) is 7.89. The van der Waals surface area contributed by atoms with Crippen LogP contribution in [0, 0.1) is 0 Å². The van der Waals surface area contributed by atoms with Gasteiger partial charge in [-0.15, -0.1) is 0 Å². The number of rotatable bonds is 3. The molecule has 0 aliphatic heterocycles. The first-order valence-electron chi connectivity index (χ1n) is 10.5. The molecule has 0 nitrogen and oxygen atoms in total. The summed E-state index contributed by atoms with van der Waals surface area (Å²) in [5.74, 6) is 0. The lowest BCUT2D eigenvalue weighted by Gasteiger charge is -2.16. The smallest absolute Gasteiger partial charge is 0.00194 e. The molecule has 0 aliphatic rings. The molecule has 0 spiro atoms. The fraction of sp³-hybridized carbons (Fsp3) is 0.103. The summed E-state index contributed by atoms with van der Waals surface area (Å²) >= 11 is 0. The third-order valence-electron chi connectivity index (χ3n) is 6.43. The molecule has 0 aliphatic carbocycles. The van der Waals surface area contributed by atoms with Crippen LogP contribution in [0.2, 0.25) is 0 Å². The van der Waals surface area contributed by atoms with E-state index in [9.17, 15) is 0 Å². The third-order valence-corrected chi connectivity index (χ3v) is 6.43. The highest BCUT2D eigenvalue weighted by molar-refractivity contribution is 6.24. The van der Waals surface area contributed by atoms with E-state index in [1.165, 1.54) is 59.8 Å². The van der Waals surface area contributed by atoms with Gasteiger partial charge in [-0.1, -0.05) is 97.9 Å². The first kappa shape index (κ1) is 16.6. The molecule has 6 aromatic rings. The maximum atomic E-state index is 2.34. The van der Waals surface area contributed by atoms with Crippen molar-refractivity contribution in [1.29, 1.82) is 0 Å². The Morgan fingerprint density at radius 3 is 1.83 bits per heavy atom. The van der Waals surface area contributed by atoms with E-state index < -0.39 is 0 Å². The summed E-state index contributed by atoms with van der Waals surface area (Å²) in [5, 5.41) is 11.0. The molecule has 0 unspecified atom stereocenters. The molecule has 0 saturated carbocycles. The van der Waals surface area contributed by atoms with Gasteiger partial charge in [0.25, 0.3) is 0 Å². The SMILES string of the molecule is CCc1ccc2ccc3c(Cc4ccc5ccccc5c4)ccc4ccc1c2c43. The molecule has 0 bridgehead atoms. The quantitative estimate of drug-likeness (QED) is 0.278. The highest BCUT2D eigenvalue weighted by Gasteiger charge is 2.13. The lowest BCUT2D eigenvalue weighted by atomic mass is 9.88. The third kappa shape index (κ3) is 2.53. The zero-order valence-electron chi connectivity index (χ0n) is 16.6. The van der Waals surface area contributed by atoms with Gasteiger partial charge in [-0.2, -0.15) is 0 Å². The van der Waals surface area contributed by atoms with Crippen molar-refractivity contribution >= 4 is 43.1 Å². The first-order chi connectivity index (χ1) is 14.3. The molecule has 0 amide bonds. The van der Waals surface area contributed by atoms with Gasteiger partial charge in [-0.05, 0) is 72.6 Å². The summed E-state index contributed by atoms with van der Waals surface area (Å²) < 4.78 is 0. The van der Waals surface area contributed by atoms with E-state index >= 15 is 0 Å². The predicted molar refractivity (Wildman–Crippen MR) is 126 cm³/mol. The van der Waals surface area contributed by atoms with Crippen LogP contribution in [0.5, 0.6) is 0 Å². The number of benzene rings is 6. The molecule has 0 atom stereocenters. The second kappa shape index (κ2) is 6.32. The normalized spacial score (nSPS) is 11.9. The Balaban J connectivity index is 1.58. The van der Waals surface area contributed by atoms with E-state index in [4.69, 9.17) is 0 Å². The second-order valence-corrected chi connectivity index (χ2v) is 8.08. The molecule has 0 fully saturated rings. The first-order valence-corrected chi connectivity index (χ1v) is 10.5. The summed E-state index contributed by atoms with van der Waals surface area (Å²) in [5.41, 5.74) is 4.21. The Bertz CT molecular complexity index is 1500. The van der Waals surface area contributed by atoms with E-state index in [-0.39, 0.29) is 0 Å². The van der Waals surface area contributed by atoms with Gasteiger partial charge in [0.2, 0.25) is 0 Å². The molecule has 0 saturated heterocycles. The van der Waals surface area contributed by atoms with Crippen LogP contribution in [0.25, 0.3) is 43.1 Å². The fourth-order valence-corrected chi connectivity index (χ4v) is 4.95. The number of hydrogen-bond acceptors (Lipinski definition) is 0. The molecular formula is C29H22. The van der Waals surface area contributed by atoms with Crippen molar-refractivity contribution in [3.05, 3.63) is 108 Å².